The molecule has 0 unspecified atom stereocenters. The molecule has 2 aromatic carbocycles. The molecule has 0 spiro atoms. The van der Waals surface area contributed by atoms with Crippen molar-refractivity contribution in [1.82, 2.24) is 9.88 Å². The van der Waals surface area contributed by atoms with Gasteiger partial charge in [0.2, 0.25) is 5.91 Å². The number of hydrogen-bond acceptors (Lipinski definition) is 6. The summed E-state index contributed by atoms with van der Waals surface area (Å²) in [5, 5.41) is 1.39. The summed E-state index contributed by atoms with van der Waals surface area (Å²) in [5.41, 5.74) is 1.90. The topological polar surface area (TPSA) is 45.7 Å². The zero-order chi connectivity index (χ0) is 23.2. The van der Waals surface area contributed by atoms with E-state index in [9.17, 15) is 9.18 Å². The molecule has 1 aliphatic rings. The Hall–Kier alpha value is -1.71. The maximum Gasteiger partial charge on any atom is 0.229 e. The quantitative estimate of drug-likeness (QED) is 0.351. The smallest absolute Gasteiger partial charge is 0.229 e. The number of carbonyl (C=O) groups excluding carboxylic acids is 1. The summed E-state index contributed by atoms with van der Waals surface area (Å²) in [6.07, 6.45) is 1.25. The molecule has 1 aromatic heterocycles. The lowest BCUT2D eigenvalue weighted by Gasteiger charge is -2.27. The van der Waals surface area contributed by atoms with Crippen LogP contribution in [0.1, 0.15) is 18.4 Å². The maximum atomic E-state index is 13.3. The van der Waals surface area contributed by atoms with Gasteiger partial charge < -0.3 is 4.74 Å². The highest BCUT2D eigenvalue weighted by Crippen LogP contribution is 2.33. The van der Waals surface area contributed by atoms with E-state index in [0.717, 1.165) is 59.9 Å². The number of morpholine rings is 1. The number of rotatable bonds is 9. The molecule has 1 amide bonds. The number of halogens is 2. The van der Waals surface area contributed by atoms with Crippen molar-refractivity contribution >= 4 is 56.0 Å². The third-order valence-electron chi connectivity index (χ3n) is 5.53. The van der Waals surface area contributed by atoms with Crippen LogP contribution < -0.4 is 4.90 Å². The van der Waals surface area contributed by atoms with E-state index in [2.05, 4.69) is 4.90 Å². The van der Waals surface area contributed by atoms with Crippen molar-refractivity contribution in [1.29, 1.82) is 0 Å². The molecule has 1 saturated heterocycles. The van der Waals surface area contributed by atoms with Gasteiger partial charge in [0.1, 0.15) is 5.82 Å². The Kier molecular flexibility index (Phi) is 8.60. The standard InChI is InChI=1S/C24H27ClFN3O2S2/c1-17-15-18(25)16-21-23(17)27-24(33-21)29(9-2-8-28-10-12-31-13-11-28)22(30)7-14-32-20-5-3-19(26)4-6-20/h3-6,15-16H,2,7-14H2,1H3. The van der Waals surface area contributed by atoms with Gasteiger partial charge in [0.15, 0.2) is 5.13 Å². The number of ether oxygens (including phenoxy) is 1. The largest absolute Gasteiger partial charge is 0.379 e. The average molecular weight is 508 g/mol. The molecule has 33 heavy (non-hydrogen) atoms. The molecule has 0 radical (unpaired) electrons. The average Bonchev–Trinajstić information content (AvgIpc) is 3.22. The number of benzene rings is 2. The Morgan fingerprint density at radius 2 is 2.03 bits per heavy atom. The van der Waals surface area contributed by atoms with E-state index in [1.165, 1.54) is 23.5 Å². The minimum Gasteiger partial charge on any atom is -0.379 e. The van der Waals surface area contributed by atoms with Crippen molar-refractivity contribution in [2.45, 2.75) is 24.7 Å². The fourth-order valence-electron chi connectivity index (χ4n) is 3.78. The molecule has 1 aliphatic heterocycles. The highest BCUT2D eigenvalue weighted by Gasteiger charge is 2.21. The third-order valence-corrected chi connectivity index (χ3v) is 7.79. The number of thiazole rings is 1. The monoisotopic (exact) mass is 507 g/mol. The lowest BCUT2D eigenvalue weighted by molar-refractivity contribution is -0.118. The number of amides is 1. The molecule has 0 bridgehead atoms. The van der Waals surface area contributed by atoms with Crippen molar-refractivity contribution in [2.75, 3.05) is 50.0 Å². The predicted octanol–water partition coefficient (Wildman–Crippen LogP) is 5.63. The number of hydrogen-bond donors (Lipinski definition) is 0. The van der Waals surface area contributed by atoms with Crippen LogP contribution in [-0.4, -0.2) is 60.9 Å². The van der Waals surface area contributed by atoms with Crippen LogP contribution in [0.15, 0.2) is 41.3 Å². The van der Waals surface area contributed by atoms with E-state index in [1.807, 2.05) is 24.0 Å². The van der Waals surface area contributed by atoms with Crippen molar-refractivity contribution in [2.24, 2.45) is 0 Å². The van der Waals surface area contributed by atoms with Crippen LogP contribution in [0, 0.1) is 12.7 Å². The van der Waals surface area contributed by atoms with Crippen LogP contribution in [0.4, 0.5) is 9.52 Å². The summed E-state index contributed by atoms with van der Waals surface area (Å²) in [4.78, 5) is 23.2. The van der Waals surface area contributed by atoms with Gasteiger partial charge in [-0.05, 0) is 55.3 Å². The van der Waals surface area contributed by atoms with E-state index >= 15 is 0 Å². The number of anilines is 1. The molecular weight excluding hydrogens is 481 g/mol. The lowest BCUT2D eigenvalue weighted by atomic mass is 10.2. The SMILES string of the molecule is Cc1cc(Cl)cc2sc(N(CCCN3CCOCC3)C(=O)CCSc3ccc(F)cc3)nc12. The molecule has 5 nitrogen and oxygen atoms in total. The van der Waals surface area contributed by atoms with Gasteiger partial charge in [-0.2, -0.15) is 0 Å². The molecular formula is C24H27ClFN3O2S2. The van der Waals surface area contributed by atoms with Crippen LogP contribution in [0.2, 0.25) is 5.02 Å². The fraction of sp³-hybridized carbons (Fsp3) is 0.417. The molecule has 3 aromatic rings. The zero-order valence-electron chi connectivity index (χ0n) is 18.6. The number of aryl methyl sites for hydroxylation is 1. The third kappa shape index (κ3) is 6.67. The van der Waals surface area contributed by atoms with Gasteiger partial charge in [-0.25, -0.2) is 9.37 Å². The summed E-state index contributed by atoms with van der Waals surface area (Å²) < 4.78 is 19.5. The highest BCUT2D eigenvalue weighted by atomic mass is 35.5. The number of nitrogens with zero attached hydrogens (tertiary/aromatic N) is 3. The molecule has 2 heterocycles. The van der Waals surface area contributed by atoms with Crippen molar-refractivity contribution in [3.63, 3.8) is 0 Å². The Morgan fingerprint density at radius 3 is 2.79 bits per heavy atom. The van der Waals surface area contributed by atoms with E-state index in [-0.39, 0.29) is 11.7 Å². The fourth-order valence-corrected chi connectivity index (χ4v) is 6.09. The van der Waals surface area contributed by atoms with Gasteiger partial charge in [-0.3, -0.25) is 14.6 Å². The number of aromatic nitrogens is 1. The second kappa shape index (κ2) is 11.6. The highest BCUT2D eigenvalue weighted by molar-refractivity contribution is 7.99. The van der Waals surface area contributed by atoms with E-state index in [1.54, 1.807) is 23.9 Å². The molecule has 0 atom stereocenters. The second-order valence-corrected chi connectivity index (χ2v) is 10.6. The van der Waals surface area contributed by atoms with Gasteiger partial charge in [0, 0.05) is 48.3 Å². The van der Waals surface area contributed by atoms with Crippen LogP contribution in [0.3, 0.4) is 0 Å². The minimum atomic E-state index is -0.256. The molecule has 4 rings (SSSR count). The normalized spacial score (nSPS) is 14.6. The maximum absolute atomic E-state index is 13.3. The number of carbonyl (C=O) groups is 1. The Morgan fingerprint density at radius 1 is 1.27 bits per heavy atom. The number of fused-ring (bicyclic) bond motifs is 1. The Labute approximate surface area is 206 Å². The van der Waals surface area contributed by atoms with Crippen LogP contribution in [-0.2, 0) is 9.53 Å². The summed E-state index contributed by atoms with van der Waals surface area (Å²) in [5.74, 6) is 0.419. The van der Waals surface area contributed by atoms with Crippen LogP contribution >= 0.6 is 34.7 Å². The summed E-state index contributed by atoms with van der Waals surface area (Å²) >= 11 is 9.30. The first kappa shape index (κ1) is 24.4. The van der Waals surface area contributed by atoms with Crippen molar-refractivity contribution in [3.05, 3.63) is 52.8 Å². The summed E-state index contributed by atoms with van der Waals surface area (Å²) in [6, 6.07) is 10.2. The van der Waals surface area contributed by atoms with E-state index < -0.39 is 0 Å². The second-order valence-electron chi connectivity index (χ2n) is 7.97. The van der Waals surface area contributed by atoms with Gasteiger partial charge in [0.05, 0.1) is 23.4 Å². The Bertz CT molecular complexity index is 1090. The Balaban J connectivity index is 1.44. The van der Waals surface area contributed by atoms with Crippen LogP contribution in [0.25, 0.3) is 10.2 Å². The first-order valence-electron chi connectivity index (χ1n) is 11.0. The lowest BCUT2D eigenvalue weighted by Crippen LogP contribution is -2.39. The van der Waals surface area contributed by atoms with E-state index in [4.69, 9.17) is 21.3 Å². The summed E-state index contributed by atoms with van der Waals surface area (Å²) in [7, 11) is 0. The van der Waals surface area contributed by atoms with E-state index in [0.29, 0.717) is 28.9 Å². The predicted molar refractivity (Wildman–Crippen MR) is 135 cm³/mol. The van der Waals surface area contributed by atoms with Crippen LogP contribution in [0.5, 0.6) is 0 Å². The molecule has 0 saturated carbocycles. The number of thioether (sulfide) groups is 1. The first-order chi connectivity index (χ1) is 16.0. The molecule has 176 valence electrons. The van der Waals surface area contributed by atoms with Gasteiger partial charge in [-0.15, -0.1) is 11.8 Å². The van der Waals surface area contributed by atoms with Gasteiger partial charge in [-0.1, -0.05) is 22.9 Å². The van der Waals surface area contributed by atoms with Gasteiger partial charge in [0.25, 0.3) is 0 Å². The molecule has 0 aliphatic carbocycles. The van der Waals surface area contributed by atoms with Crippen molar-refractivity contribution in [3.8, 4) is 0 Å². The molecule has 9 heteroatoms. The molecule has 0 N–H and O–H groups in total. The molecule has 1 fully saturated rings. The zero-order valence-corrected chi connectivity index (χ0v) is 20.9. The summed E-state index contributed by atoms with van der Waals surface area (Å²) in [6.45, 7) is 6.92. The minimum absolute atomic E-state index is 0.0504. The van der Waals surface area contributed by atoms with Gasteiger partial charge >= 0.3 is 0 Å². The first-order valence-corrected chi connectivity index (χ1v) is 13.2. The van der Waals surface area contributed by atoms with Crippen molar-refractivity contribution < 1.29 is 13.9 Å².